The van der Waals surface area contributed by atoms with Gasteiger partial charge in [0.05, 0.1) is 12.1 Å². The van der Waals surface area contributed by atoms with Crippen LogP contribution >= 0.6 is 0 Å². The highest BCUT2D eigenvalue weighted by atomic mass is 16.3. The van der Waals surface area contributed by atoms with Crippen molar-refractivity contribution in [1.82, 2.24) is 9.80 Å². The van der Waals surface area contributed by atoms with E-state index in [1.54, 1.807) is 17.0 Å². The Balaban J connectivity index is 1.91. The van der Waals surface area contributed by atoms with Gasteiger partial charge in [0.2, 0.25) is 0 Å². The molecule has 1 amide bonds. The molecule has 1 unspecified atom stereocenters. The van der Waals surface area contributed by atoms with E-state index in [1.165, 1.54) is 0 Å². The van der Waals surface area contributed by atoms with Gasteiger partial charge in [-0.3, -0.25) is 9.69 Å². The van der Waals surface area contributed by atoms with Crippen LogP contribution < -0.4 is 0 Å². The topological polar surface area (TPSA) is 60.5 Å². The molecule has 5 nitrogen and oxygen atoms in total. The maximum absolute atomic E-state index is 12.2. The van der Waals surface area contributed by atoms with E-state index in [4.69, 9.17) is 4.42 Å². The molecule has 20 heavy (non-hydrogen) atoms. The summed E-state index contributed by atoms with van der Waals surface area (Å²) in [5, 5.41) is 9.18. The van der Waals surface area contributed by atoms with Crippen LogP contribution in [0.2, 0.25) is 0 Å². The van der Waals surface area contributed by atoms with Gasteiger partial charge in [0.15, 0.2) is 5.76 Å². The van der Waals surface area contributed by atoms with Crippen molar-refractivity contribution >= 4 is 5.91 Å². The minimum atomic E-state index is -0.0539. The van der Waals surface area contributed by atoms with Gasteiger partial charge in [0, 0.05) is 26.2 Å². The molecule has 0 saturated carbocycles. The maximum Gasteiger partial charge on any atom is 0.289 e. The number of carbonyl (C=O) groups excluding carboxylic acids is 1. The summed E-state index contributed by atoms with van der Waals surface area (Å²) in [4.78, 5) is 16.2. The number of rotatable bonds is 4. The van der Waals surface area contributed by atoms with Gasteiger partial charge in [-0.15, -0.1) is 0 Å². The Bertz CT molecular complexity index is 495. The first-order chi connectivity index (χ1) is 9.65. The second-order valence-electron chi connectivity index (χ2n) is 5.17. The first kappa shape index (κ1) is 14.6. The molecule has 1 atom stereocenters. The van der Waals surface area contributed by atoms with Crippen molar-refractivity contribution in [3.05, 3.63) is 23.7 Å². The lowest BCUT2D eigenvalue weighted by Gasteiger charge is -2.36. The lowest BCUT2D eigenvalue weighted by molar-refractivity contribution is 0.0570. The van der Waals surface area contributed by atoms with Crippen LogP contribution in [-0.2, 0) is 0 Å². The highest BCUT2D eigenvalue weighted by Crippen LogP contribution is 2.14. The second kappa shape index (κ2) is 6.58. The molecule has 1 aromatic rings. The van der Waals surface area contributed by atoms with Gasteiger partial charge in [-0.05, 0) is 25.5 Å². The fraction of sp³-hybridized carbons (Fsp3) is 0.600. The molecule has 0 aromatic carbocycles. The van der Waals surface area contributed by atoms with E-state index in [9.17, 15) is 10.1 Å². The van der Waals surface area contributed by atoms with Crippen LogP contribution in [0, 0.1) is 18.3 Å². The number of piperazine rings is 1. The van der Waals surface area contributed by atoms with Crippen LogP contribution in [0.15, 0.2) is 16.5 Å². The summed E-state index contributed by atoms with van der Waals surface area (Å²) < 4.78 is 5.38. The van der Waals surface area contributed by atoms with E-state index in [0.29, 0.717) is 18.8 Å². The second-order valence-corrected chi connectivity index (χ2v) is 5.17. The molecular formula is C15H21N3O2. The molecule has 1 saturated heterocycles. The van der Waals surface area contributed by atoms with Gasteiger partial charge in [-0.1, -0.05) is 13.3 Å². The monoisotopic (exact) mass is 275 g/mol. The minimum absolute atomic E-state index is 0.0249. The van der Waals surface area contributed by atoms with Gasteiger partial charge >= 0.3 is 0 Å². The summed E-state index contributed by atoms with van der Waals surface area (Å²) in [6, 6.07) is 5.85. The number of furan rings is 1. The number of carbonyl (C=O) groups is 1. The van der Waals surface area contributed by atoms with Crippen LogP contribution in [0.1, 0.15) is 36.1 Å². The molecule has 0 radical (unpaired) electrons. The third-order valence-corrected chi connectivity index (χ3v) is 3.70. The third-order valence-electron chi connectivity index (χ3n) is 3.70. The summed E-state index contributed by atoms with van der Waals surface area (Å²) in [7, 11) is 0. The van der Waals surface area contributed by atoms with Crippen molar-refractivity contribution in [2.45, 2.75) is 32.7 Å². The van der Waals surface area contributed by atoms with Gasteiger partial charge in [-0.2, -0.15) is 5.26 Å². The first-order valence-electron chi connectivity index (χ1n) is 7.15. The van der Waals surface area contributed by atoms with Crippen molar-refractivity contribution in [3.8, 4) is 6.07 Å². The molecule has 1 aromatic heterocycles. The van der Waals surface area contributed by atoms with Crippen molar-refractivity contribution in [2.24, 2.45) is 0 Å². The standard InChI is InChI=1S/C15H21N3O2/c1-3-4-13(11-16)17-7-9-18(10-8-17)15(19)14-6-5-12(2)20-14/h5-6,13H,3-4,7-10H2,1-2H3. The number of hydrogen-bond acceptors (Lipinski definition) is 4. The molecule has 2 rings (SSSR count). The average Bonchev–Trinajstić information content (AvgIpc) is 2.91. The Labute approximate surface area is 119 Å². The van der Waals surface area contributed by atoms with Gasteiger partial charge in [0.25, 0.3) is 5.91 Å². The van der Waals surface area contributed by atoms with Crippen molar-refractivity contribution in [2.75, 3.05) is 26.2 Å². The van der Waals surface area contributed by atoms with Crippen LogP contribution in [-0.4, -0.2) is 47.9 Å². The molecule has 0 spiro atoms. The Hall–Kier alpha value is -1.80. The SMILES string of the molecule is CCCC(C#N)N1CCN(C(=O)c2ccc(C)o2)CC1. The van der Waals surface area contributed by atoms with Crippen molar-refractivity contribution < 1.29 is 9.21 Å². The lowest BCUT2D eigenvalue weighted by Crippen LogP contribution is -2.51. The van der Waals surface area contributed by atoms with Gasteiger partial charge < -0.3 is 9.32 Å². The molecule has 5 heteroatoms. The smallest absolute Gasteiger partial charge is 0.289 e. The zero-order valence-corrected chi connectivity index (χ0v) is 12.1. The molecule has 2 heterocycles. The molecule has 1 aliphatic heterocycles. The van der Waals surface area contributed by atoms with Crippen LogP contribution in [0.3, 0.4) is 0 Å². The third kappa shape index (κ3) is 3.20. The predicted octanol–water partition coefficient (Wildman–Crippen LogP) is 2.04. The van der Waals surface area contributed by atoms with E-state index in [1.807, 2.05) is 6.92 Å². The summed E-state index contributed by atoms with van der Waals surface area (Å²) in [6.07, 6.45) is 1.89. The van der Waals surface area contributed by atoms with Crippen LogP contribution in [0.25, 0.3) is 0 Å². The zero-order valence-electron chi connectivity index (χ0n) is 12.1. The summed E-state index contributed by atoms with van der Waals surface area (Å²) in [5.41, 5.74) is 0. The fourth-order valence-electron chi connectivity index (χ4n) is 2.54. The van der Waals surface area contributed by atoms with Gasteiger partial charge in [0.1, 0.15) is 5.76 Å². The van der Waals surface area contributed by atoms with E-state index < -0.39 is 0 Å². The highest BCUT2D eigenvalue weighted by molar-refractivity contribution is 5.91. The van der Waals surface area contributed by atoms with Crippen LogP contribution in [0.4, 0.5) is 0 Å². The Kier molecular flexibility index (Phi) is 4.80. The highest BCUT2D eigenvalue weighted by Gasteiger charge is 2.27. The normalized spacial score (nSPS) is 17.8. The van der Waals surface area contributed by atoms with Crippen molar-refractivity contribution in [1.29, 1.82) is 5.26 Å². The predicted molar refractivity (Wildman–Crippen MR) is 75.2 cm³/mol. The quantitative estimate of drug-likeness (QED) is 0.843. The van der Waals surface area contributed by atoms with Crippen molar-refractivity contribution in [3.63, 3.8) is 0 Å². The van der Waals surface area contributed by atoms with E-state index in [0.717, 1.165) is 31.7 Å². The molecule has 1 fully saturated rings. The molecule has 0 N–H and O–H groups in total. The van der Waals surface area contributed by atoms with Crippen LogP contribution in [0.5, 0.6) is 0 Å². The Morgan fingerprint density at radius 3 is 2.60 bits per heavy atom. The number of nitrogens with zero attached hydrogens (tertiary/aromatic N) is 3. The largest absolute Gasteiger partial charge is 0.456 e. The summed E-state index contributed by atoms with van der Waals surface area (Å²) >= 11 is 0. The average molecular weight is 275 g/mol. The fourth-order valence-corrected chi connectivity index (χ4v) is 2.54. The molecule has 108 valence electrons. The number of nitriles is 1. The molecule has 0 bridgehead atoms. The van der Waals surface area contributed by atoms with Gasteiger partial charge in [-0.25, -0.2) is 0 Å². The Morgan fingerprint density at radius 2 is 2.10 bits per heavy atom. The molecular weight excluding hydrogens is 254 g/mol. The zero-order chi connectivity index (χ0) is 14.5. The summed E-state index contributed by atoms with van der Waals surface area (Å²) in [6.45, 7) is 6.73. The maximum atomic E-state index is 12.2. The molecule has 0 aliphatic carbocycles. The van der Waals surface area contributed by atoms with E-state index in [-0.39, 0.29) is 11.9 Å². The first-order valence-corrected chi connectivity index (χ1v) is 7.15. The summed E-state index contributed by atoms with van der Waals surface area (Å²) in [5.74, 6) is 1.10. The number of aryl methyl sites for hydroxylation is 1. The molecule has 1 aliphatic rings. The minimum Gasteiger partial charge on any atom is -0.456 e. The number of amides is 1. The van der Waals surface area contributed by atoms with E-state index >= 15 is 0 Å². The lowest BCUT2D eigenvalue weighted by atomic mass is 10.1. The Morgan fingerprint density at radius 1 is 1.40 bits per heavy atom. The van der Waals surface area contributed by atoms with E-state index in [2.05, 4.69) is 17.9 Å². The number of hydrogen-bond donors (Lipinski definition) is 0.